The van der Waals surface area contributed by atoms with Crippen molar-refractivity contribution in [3.63, 3.8) is 0 Å². The normalized spacial score (nSPS) is 10.7. The summed E-state index contributed by atoms with van der Waals surface area (Å²) in [7, 11) is 0. The number of nitrogens with zero attached hydrogens (tertiary/aromatic N) is 2. The van der Waals surface area contributed by atoms with Crippen LogP contribution in [0.2, 0.25) is 0 Å². The van der Waals surface area contributed by atoms with Gasteiger partial charge < -0.3 is 15.7 Å². The molecule has 0 atom stereocenters. The number of aliphatic hydroxyl groups excluding tert-OH is 1. The summed E-state index contributed by atoms with van der Waals surface area (Å²) < 4.78 is 0. The minimum Gasteiger partial charge on any atom is -0.397 e. The highest BCUT2D eigenvalue weighted by Crippen LogP contribution is 2.30. The largest absolute Gasteiger partial charge is 0.397 e. The molecule has 2 aromatic rings. The zero-order valence-corrected chi connectivity index (χ0v) is 9.93. The number of rotatable bonds is 4. The van der Waals surface area contributed by atoms with Crippen LogP contribution in [-0.2, 0) is 0 Å². The van der Waals surface area contributed by atoms with Crippen molar-refractivity contribution in [3.8, 4) is 0 Å². The molecule has 0 amide bonds. The molecular formula is C13H17N3O. The van der Waals surface area contributed by atoms with Crippen LogP contribution in [-0.4, -0.2) is 29.8 Å². The third-order valence-corrected chi connectivity index (χ3v) is 2.93. The van der Waals surface area contributed by atoms with Crippen LogP contribution in [0.3, 0.4) is 0 Å². The highest BCUT2D eigenvalue weighted by atomic mass is 16.3. The van der Waals surface area contributed by atoms with Gasteiger partial charge >= 0.3 is 0 Å². The average Bonchev–Trinajstić information content (AvgIpc) is 2.37. The summed E-state index contributed by atoms with van der Waals surface area (Å²) in [5, 5.41) is 11.1. The first-order valence-corrected chi connectivity index (χ1v) is 5.76. The number of aliphatic hydroxyl groups is 1. The minimum atomic E-state index is 0.127. The summed E-state index contributed by atoms with van der Waals surface area (Å²) in [4.78, 5) is 6.14. The van der Waals surface area contributed by atoms with Gasteiger partial charge in [-0.2, -0.15) is 0 Å². The zero-order chi connectivity index (χ0) is 12.3. The molecule has 90 valence electrons. The molecule has 0 saturated carbocycles. The monoisotopic (exact) mass is 231 g/mol. The van der Waals surface area contributed by atoms with Gasteiger partial charge in [-0.3, -0.25) is 4.98 Å². The number of nitrogens with two attached hydrogens (primary N) is 1. The van der Waals surface area contributed by atoms with E-state index < -0.39 is 0 Å². The molecule has 0 radical (unpaired) electrons. The SMILES string of the molecule is CCN(CCO)c1ccc2cnccc2c1N. The summed E-state index contributed by atoms with van der Waals surface area (Å²) in [6.45, 7) is 3.59. The van der Waals surface area contributed by atoms with Gasteiger partial charge in [0.2, 0.25) is 0 Å². The predicted molar refractivity (Wildman–Crippen MR) is 71.1 cm³/mol. The molecule has 0 bridgehead atoms. The zero-order valence-electron chi connectivity index (χ0n) is 9.93. The maximum absolute atomic E-state index is 9.04. The van der Waals surface area contributed by atoms with Crippen LogP contribution in [0.5, 0.6) is 0 Å². The number of anilines is 2. The molecule has 0 fully saturated rings. The lowest BCUT2D eigenvalue weighted by atomic mass is 10.1. The van der Waals surface area contributed by atoms with E-state index >= 15 is 0 Å². The van der Waals surface area contributed by atoms with Crippen LogP contribution in [0.25, 0.3) is 10.8 Å². The summed E-state index contributed by atoms with van der Waals surface area (Å²) in [6, 6.07) is 5.91. The van der Waals surface area contributed by atoms with Crippen molar-refractivity contribution in [2.75, 3.05) is 30.3 Å². The molecule has 1 aromatic heterocycles. The highest BCUT2D eigenvalue weighted by Gasteiger charge is 2.09. The Balaban J connectivity index is 2.51. The Bertz CT molecular complexity index is 513. The van der Waals surface area contributed by atoms with Gasteiger partial charge in [0.1, 0.15) is 0 Å². The summed E-state index contributed by atoms with van der Waals surface area (Å²) in [5.41, 5.74) is 7.90. The Morgan fingerprint density at radius 3 is 2.88 bits per heavy atom. The van der Waals surface area contributed by atoms with Gasteiger partial charge in [0.25, 0.3) is 0 Å². The first-order valence-electron chi connectivity index (χ1n) is 5.76. The van der Waals surface area contributed by atoms with Crippen molar-refractivity contribution in [2.24, 2.45) is 0 Å². The fourth-order valence-electron chi connectivity index (χ4n) is 2.03. The second-order valence-corrected chi connectivity index (χ2v) is 3.90. The number of hydrogen-bond acceptors (Lipinski definition) is 4. The van der Waals surface area contributed by atoms with Gasteiger partial charge in [0.15, 0.2) is 0 Å². The number of hydrogen-bond donors (Lipinski definition) is 2. The van der Waals surface area contributed by atoms with Crippen molar-refractivity contribution in [2.45, 2.75) is 6.92 Å². The Hall–Kier alpha value is -1.81. The fourth-order valence-corrected chi connectivity index (χ4v) is 2.03. The molecule has 4 nitrogen and oxygen atoms in total. The molecular weight excluding hydrogens is 214 g/mol. The van der Waals surface area contributed by atoms with Crippen LogP contribution in [0.15, 0.2) is 30.6 Å². The Labute approximate surface area is 101 Å². The van der Waals surface area contributed by atoms with Gasteiger partial charge in [-0.15, -0.1) is 0 Å². The molecule has 2 rings (SSSR count). The summed E-state index contributed by atoms with van der Waals surface area (Å²) in [5.74, 6) is 0. The molecule has 1 aromatic carbocycles. The number of aromatic nitrogens is 1. The topological polar surface area (TPSA) is 62.4 Å². The Morgan fingerprint density at radius 2 is 2.18 bits per heavy atom. The lowest BCUT2D eigenvalue weighted by Gasteiger charge is -2.24. The lowest BCUT2D eigenvalue weighted by molar-refractivity contribution is 0.302. The standard InChI is InChI=1S/C13H17N3O/c1-2-16(7-8-17)12-4-3-10-9-15-6-5-11(10)13(12)14/h3-6,9,17H,2,7-8,14H2,1H3. The van der Waals surface area contributed by atoms with Crippen molar-refractivity contribution < 1.29 is 5.11 Å². The molecule has 0 aliphatic carbocycles. The van der Waals surface area contributed by atoms with E-state index in [2.05, 4.69) is 9.88 Å². The summed E-state index contributed by atoms with van der Waals surface area (Å²) in [6.07, 6.45) is 3.54. The van der Waals surface area contributed by atoms with Gasteiger partial charge in [0, 0.05) is 36.3 Å². The van der Waals surface area contributed by atoms with Gasteiger partial charge in [-0.05, 0) is 19.1 Å². The number of likely N-dealkylation sites (N-methyl/N-ethyl adjacent to an activating group) is 1. The van der Waals surface area contributed by atoms with Crippen molar-refractivity contribution in [1.82, 2.24) is 4.98 Å². The molecule has 1 heterocycles. The van der Waals surface area contributed by atoms with Crippen LogP contribution in [0.1, 0.15) is 6.92 Å². The van der Waals surface area contributed by atoms with Crippen LogP contribution in [0.4, 0.5) is 11.4 Å². The van der Waals surface area contributed by atoms with Crippen molar-refractivity contribution in [3.05, 3.63) is 30.6 Å². The molecule has 0 aliphatic heterocycles. The van der Waals surface area contributed by atoms with Crippen molar-refractivity contribution >= 4 is 22.1 Å². The van der Waals surface area contributed by atoms with E-state index in [-0.39, 0.29) is 6.61 Å². The van der Waals surface area contributed by atoms with Gasteiger partial charge in [0.05, 0.1) is 18.0 Å². The van der Waals surface area contributed by atoms with Crippen LogP contribution < -0.4 is 10.6 Å². The highest BCUT2D eigenvalue weighted by molar-refractivity contribution is 5.98. The molecule has 17 heavy (non-hydrogen) atoms. The second kappa shape index (κ2) is 5.01. The van der Waals surface area contributed by atoms with E-state index in [1.165, 1.54) is 0 Å². The number of nitrogen functional groups attached to an aromatic ring is 1. The van der Waals surface area contributed by atoms with Gasteiger partial charge in [-0.1, -0.05) is 6.07 Å². The van der Waals surface area contributed by atoms with E-state index in [4.69, 9.17) is 10.8 Å². The quantitative estimate of drug-likeness (QED) is 0.785. The smallest absolute Gasteiger partial charge is 0.0632 e. The van der Waals surface area contributed by atoms with Crippen LogP contribution >= 0.6 is 0 Å². The molecule has 0 spiro atoms. The minimum absolute atomic E-state index is 0.127. The number of pyridine rings is 1. The predicted octanol–water partition coefficient (Wildman–Crippen LogP) is 1.64. The molecule has 0 saturated heterocycles. The Morgan fingerprint density at radius 1 is 1.35 bits per heavy atom. The van der Waals surface area contributed by atoms with Crippen LogP contribution in [0, 0.1) is 0 Å². The molecule has 0 aliphatic rings. The average molecular weight is 231 g/mol. The van der Waals surface area contributed by atoms with E-state index in [1.807, 2.05) is 25.1 Å². The second-order valence-electron chi connectivity index (χ2n) is 3.90. The van der Waals surface area contributed by atoms with E-state index in [0.29, 0.717) is 6.54 Å². The number of benzene rings is 1. The molecule has 4 heteroatoms. The summed E-state index contributed by atoms with van der Waals surface area (Å²) >= 11 is 0. The van der Waals surface area contributed by atoms with E-state index in [1.54, 1.807) is 12.4 Å². The van der Waals surface area contributed by atoms with Gasteiger partial charge in [-0.25, -0.2) is 0 Å². The fraction of sp³-hybridized carbons (Fsp3) is 0.308. The van der Waals surface area contributed by atoms with Crippen molar-refractivity contribution in [1.29, 1.82) is 0 Å². The number of fused-ring (bicyclic) bond motifs is 1. The Kier molecular flexibility index (Phi) is 3.44. The first-order chi connectivity index (χ1) is 8.27. The van der Waals surface area contributed by atoms with E-state index in [9.17, 15) is 0 Å². The first kappa shape index (κ1) is 11.7. The third kappa shape index (κ3) is 2.17. The molecule has 0 unspecified atom stereocenters. The molecule has 3 N–H and O–H groups in total. The maximum Gasteiger partial charge on any atom is 0.0632 e. The third-order valence-electron chi connectivity index (χ3n) is 2.93. The lowest BCUT2D eigenvalue weighted by Crippen LogP contribution is -2.26. The van der Waals surface area contributed by atoms with E-state index in [0.717, 1.165) is 28.7 Å². The maximum atomic E-state index is 9.04.